The lowest BCUT2D eigenvalue weighted by Crippen LogP contribution is -2.46. The summed E-state index contributed by atoms with van der Waals surface area (Å²) in [7, 11) is 1.59. The number of ether oxygens (including phenoxy) is 2. The lowest BCUT2D eigenvalue weighted by Gasteiger charge is -2.27. The van der Waals surface area contributed by atoms with Crippen molar-refractivity contribution in [2.24, 2.45) is 5.73 Å². The van der Waals surface area contributed by atoms with Crippen molar-refractivity contribution in [3.63, 3.8) is 0 Å². The molecule has 18 heavy (non-hydrogen) atoms. The van der Waals surface area contributed by atoms with Gasteiger partial charge in [0, 0.05) is 0 Å². The van der Waals surface area contributed by atoms with E-state index in [0.717, 1.165) is 18.4 Å². The summed E-state index contributed by atoms with van der Waals surface area (Å²) >= 11 is 0. The number of rotatable bonds is 4. The summed E-state index contributed by atoms with van der Waals surface area (Å²) in [5.41, 5.74) is 5.72. The van der Waals surface area contributed by atoms with Gasteiger partial charge in [0.1, 0.15) is 0 Å². The summed E-state index contributed by atoms with van der Waals surface area (Å²) in [5.74, 6) is 0.842. The van der Waals surface area contributed by atoms with Gasteiger partial charge in [0.15, 0.2) is 17.1 Å². The predicted octanol–water partition coefficient (Wildman–Crippen LogP) is 2.18. The molecule has 0 spiro atoms. The van der Waals surface area contributed by atoms with Gasteiger partial charge in [-0.2, -0.15) is 0 Å². The van der Waals surface area contributed by atoms with Crippen LogP contribution in [0.1, 0.15) is 31.2 Å². The van der Waals surface area contributed by atoms with Crippen molar-refractivity contribution in [3.05, 3.63) is 23.8 Å². The van der Waals surface area contributed by atoms with Crippen LogP contribution in [0.5, 0.6) is 11.5 Å². The third-order valence-electron chi connectivity index (χ3n) is 3.48. The lowest BCUT2D eigenvalue weighted by atomic mass is 10.0. The molecule has 0 saturated heterocycles. The molecule has 1 aromatic carbocycles. The fourth-order valence-electron chi connectivity index (χ4n) is 2.41. The van der Waals surface area contributed by atoms with Crippen LogP contribution in [0.4, 0.5) is 0 Å². The molecule has 2 N–H and O–H groups in total. The fraction of sp³-hybridized carbons (Fsp3) is 0.500. The first-order valence-electron chi connectivity index (χ1n) is 6.21. The van der Waals surface area contributed by atoms with Crippen molar-refractivity contribution in [1.29, 1.82) is 0 Å². The van der Waals surface area contributed by atoms with Crippen LogP contribution < -0.4 is 15.2 Å². The first-order valence-corrected chi connectivity index (χ1v) is 6.21. The summed E-state index contributed by atoms with van der Waals surface area (Å²) in [5, 5.41) is 0. The predicted molar refractivity (Wildman–Crippen MR) is 68.8 cm³/mol. The Balaban J connectivity index is 2.29. The Bertz CT molecular complexity index is 450. The van der Waals surface area contributed by atoms with Gasteiger partial charge in [-0.3, -0.25) is 4.79 Å². The number of hydrogen-bond donors (Lipinski definition) is 1. The summed E-state index contributed by atoms with van der Waals surface area (Å²) in [6, 6.07) is 5.65. The molecule has 1 aromatic rings. The van der Waals surface area contributed by atoms with E-state index in [-0.39, 0.29) is 5.91 Å². The van der Waals surface area contributed by atoms with Gasteiger partial charge in [-0.25, -0.2) is 0 Å². The minimum atomic E-state index is -0.859. The van der Waals surface area contributed by atoms with Crippen LogP contribution in [0, 0.1) is 6.92 Å². The Hall–Kier alpha value is -1.71. The zero-order chi connectivity index (χ0) is 13.2. The zero-order valence-corrected chi connectivity index (χ0v) is 10.9. The van der Waals surface area contributed by atoms with Gasteiger partial charge in [-0.15, -0.1) is 0 Å². The largest absolute Gasteiger partial charge is 0.493 e. The van der Waals surface area contributed by atoms with E-state index in [2.05, 4.69) is 0 Å². The minimum Gasteiger partial charge on any atom is -0.493 e. The summed E-state index contributed by atoms with van der Waals surface area (Å²) in [4.78, 5) is 11.7. The smallest absolute Gasteiger partial charge is 0.261 e. The lowest BCUT2D eigenvalue weighted by molar-refractivity contribution is -0.133. The third kappa shape index (κ3) is 2.28. The molecule has 1 aliphatic carbocycles. The van der Waals surface area contributed by atoms with Crippen molar-refractivity contribution in [2.75, 3.05) is 7.11 Å². The maximum atomic E-state index is 11.7. The van der Waals surface area contributed by atoms with Gasteiger partial charge < -0.3 is 15.2 Å². The van der Waals surface area contributed by atoms with Crippen LogP contribution in [0.15, 0.2) is 18.2 Å². The van der Waals surface area contributed by atoms with Gasteiger partial charge in [0.2, 0.25) is 0 Å². The van der Waals surface area contributed by atoms with E-state index in [1.807, 2.05) is 25.1 Å². The molecule has 0 aliphatic heterocycles. The fourth-order valence-corrected chi connectivity index (χ4v) is 2.41. The number of primary amides is 1. The van der Waals surface area contributed by atoms with Crippen molar-refractivity contribution in [1.82, 2.24) is 0 Å². The minimum absolute atomic E-state index is 0.386. The van der Waals surface area contributed by atoms with Crippen LogP contribution in [0.2, 0.25) is 0 Å². The van der Waals surface area contributed by atoms with E-state index in [1.54, 1.807) is 7.11 Å². The van der Waals surface area contributed by atoms with Crippen LogP contribution >= 0.6 is 0 Å². The van der Waals surface area contributed by atoms with Crippen molar-refractivity contribution >= 4 is 5.91 Å². The average Bonchev–Trinajstić information content (AvgIpc) is 2.81. The number of hydrogen-bond acceptors (Lipinski definition) is 3. The summed E-state index contributed by atoms with van der Waals surface area (Å²) < 4.78 is 11.2. The van der Waals surface area contributed by atoms with E-state index in [9.17, 15) is 4.79 Å². The Morgan fingerprint density at radius 2 is 1.94 bits per heavy atom. The molecule has 0 bridgehead atoms. The number of methoxy groups -OCH3 is 1. The van der Waals surface area contributed by atoms with E-state index >= 15 is 0 Å². The van der Waals surface area contributed by atoms with Crippen molar-refractivity contribution in [3.8, 4) is 11.5 Å². The molecule has 0 radical (unpaired) electrons. The Morgan fingerprint density at radius 1 is 1.28 bits per heavy atom. The molecule has 1 fully saturated rings. The van der Waals surface area contributed by atoms with E-state index in [1.165, 1.54) is 0 Å². The maximum Gasteiger partial charge on any atom is 0.261 e. The topological polar surface area (TPSA) is 61.6 Å². The molecule has 1 aliphatic rings. The second-order valence-electron chi connectivity index (χ2n) is 4.82. The highest BCUT2D eigenvalue weighted by molar-refractivity contribution is 5.84. The molecule has 0 atom stereocenters. The van der Waals surface area contributed by atoms with E-state index in [0.29, 0.717) is 24.3 Å². The van der Waals surface area contributed by atoms with Crippen molar-refractivity contribution in [2.45, 2.75) is 38.2 Å². The molecule has 4 heteroatoms. The molecular weight excluding hydrogens is 230 g/mol. The molecule has 0 aromatic heterocycles. The van der Waals surface area contributed by atoms with Crippen LogP contribution in [-0.4, -0.2) is 18.6 Å². The quantitative estimate of drug-likeness (QED) is 0.889. The molecule has 1 amide bonds. The standard InChI is InChI=1S/C14H19NO3/c1-10-5-6-11(12(9-10)17-2)18-14(13(15)16)7-3-4-8-14/h5-6,9H,3-4,7-8H2,1-2H3,(H2,15,16). The van der Waals surface area contributed by atoms with Gasteiger partial charge in [0.25, 0.3) is 5.91 Å². The molecule has 4 nitrogen and oxygen atoms in total. The molecule has 98 valence electrons. The van der Waals surface area contributed by atoms with Crippen LogP contribution in [0.3, 0.4) is 0 Å². The second kappa shape index (κ2) is 4.88. The average molecular weight is 249 g/mol. The van der Waals surface area contributed by atoms with Gasteiger partial charge in [-0.05, 0) is 50.3 Å². The monoisotopic (exact) mass is 249 g/mol. The van der Waals surface area contributed by atoms with E-state index < -0.39 is 5.60 Å². The zero-order valence-electron chi connectivity index (χ0n) is 10.9. The molecule has 0 unspecified atom stereocenters. The summed E-state index contributed by atoms with van der Waals surface area (Å²) in [6.07, 6.45) is 3.30. The third-order valence-corrected chi connectivity index (χ3v) is 3.48. The normalized spacial score (nSPS) is 17.4. The van der Waals surface area contributed by atoms with Gasteiger partial charge >= 0.3 is 0 Å². The molecule has 1 saturated carbocycles. The Kier molecular flexibility index (Phi) is 3.45. The van der Waals surface area contributed by atoms with Crippen LogP contribution in [-0.2, 0) is 4.79 Å². The summed E-state index contributed by atoms with van der Waals surface area (Å²) in [6.45, 7) is 1.98. The second-order valence-corrected chi connectivity index (χ2v) is 4.82. The number of nitrogens with two attached hydrogens (primary N) is 1. The van der Waals surface area contributed by atoms with E-state index in [4.69, 9.17) is 15.2 Å². The maximum absolute atomic E-state index is 11.7. The highest BCUT2D eigenvalue weighted by Gasteiger charge is 2.42. The first kappa shape index (κ1) is 12.7. The number of carbonyl (C=O) groups excluding carboxylic acids is 1. The molecular formula is C14H19NO3. The number of carbonyl (C=O) groups is 1. The highest BCUT2D eigenvalue weighted by atomic mass is 16.5. The Morgan fingerprint density at radius 3 is 2.50 bits per heavy atom. The van der Waals surface area contributed by atoms with Crippen molar-refractivity contribution < 1.29 is 14.3 Å². The number of benzene rings is 1. The Labute approximate surface area is 107 Å². The van der Waals surface area contributed by atoms with Crippen LogP contribution in [0.25, 0.3) is 0 Å². The first-order chi connectivity index (χ1) is 8.57. The number of amides is 1. The van der Waals surface area contributed by atoms with Gasteiger partial charge in [0.05, 0.1) is 7.11 Å². The molecule has 2 rings (SSSR count). The van der Waals surface area contributed by atoms with Gasteiger partial charge in [-0.1, -0.05) is 6.07 Å². The molecule has 0 heterocycles. The number of aryl methyl sites for hydroxylation is 1. The SMILES string of the molecule is COc1cc(C)ccc1OC1(C(N)=O)CCCC1. The highest BCUT2D eigenvalue weighted by Crippen LogP contribution is 2.38.